The van der Waals surface area contributed by atoms with Crippen molar-refractivity contribution in [2.75, 3.05) is 13.1 Å². The number of benzene rings is 2. The molecule has 0 unspecified atom stereocenters. The largest absolute Gasteiger partial charge is 0.352 e. The highest BCUT2D eigenvalue weighted by molar-refractivity contribution is 7.89. The van der Waals surface area contributed by atoms with Gasteiger partial charge in [-0.1, -0.05) is 42.5 Å². The highest BCUT2D eigenvalue weighted by atomic mass is 32.2. The zero-order chi connectivity index (χ0) is 26.7. The molecular weight excluding hydrogens is 500 g/mol. The molecule has 1 saturated carbocycles. The Morgan fingerprint density at radius 3 is 2.37 bits per heavy atom. The minimum Gasteiger partial charge on any atom is -0.352 e. The summed E-state index contributed by atoms with van der Waals surface area (Å²) >= 11 is 0. The van der Waals surface area contributed by atoms with Gasteiger partial charge in [0.2, 0.25) is 21.8 Å². The normalized spacial score (nSPS) is 22.1. The Kier molecular flexibility index (Phi) is 7.58. The van der Waals surface area contributed by atoms with Crippen LogP contribution in [0, 0.1) is 12.8 Å². The first-order valence-corrected chi connectivity index (χ1v) is 14.4. The molecule has 2 heterocycles. The van der Waals surface area contributed by atoms with Crippen molar-refractivity contribution in [2.45, 2.75) is 49.6 Å². The number of aryl methyl sites for hydroxylation is 1. The second-order valence-corrected chi connectivity index (χ2v) is 11.9. The quantitative estimate of drug-likeness (QED) is 0.504. The van der Waals surface area contributed by atoms with E-state index in [1.807, 2.05) is 43.3 Å². The summed E-state index contributed by atoms with van der Waals surface area (Å²) in [6.07, 6.45) is 5.82. The van der Waals surface area contributed by atoms with Gasteiger partial charge in [0.1, 0.15) is 6.54 Å². The van der Waals surface area contributed by atoms with E-state index >= 15 is 0 Å². The van der Waals surface area contributed by atoms with E-state index in [9.17, 15) is 18.0 Å². The van der Waals surface area contributed by atoms with Gasteiger partial charge in [-0.05, 0) is 67.5 Å². The lowest BCUT2D eigenvalue weighted by Crippen LogP contribution is -2.54. The first-order valence-electron chi connectivity index (χ1n) is 13.0. The third-order valence-electron chi connectivity index (χ3n) is 7.42. The molecule has 1 saturated heterocycles. The fourth-order valence-corrected chi connectivity index (χ4v) is 6.67. The molecule has 1 aromatic heterocycles. The van der Waals surface area contributed by atoms with Crippen LogP contribution in [0.4, 0.5) is 0 Å². The molecule has 38 heavy (non-hydrogen) atoms. The first-order chi connectivity index (χ1) is 18.3. The van der Waals surface area contributed by atoms with Gasteiger partial charge in [0.15, 0.2) is 0 Å². The molecule has 0 radical (unpaired) electrons. The minimum absolute atomic E-state index is 0.0313. The van der Waals surface area contributed by atoms with Crippen LogP contribution in [0.1, 0.15) is 42.9 Å². The second kappa shape index (κ2) is 11.0. The van der Waals surface area contributed by atoms with Crippen LogP contribution in [0.2, 0.25) is 0 Å². The molecule has 0 spiro atoms. The van der Waals surface area contributed by atoms with Crippen molar-refractivity contribution in [3.8, 4) is 11.1 Å². The van der Waals surface area contributed by atoms with Crippen molar-refractivity contribution in [3.05, 3.63) is 84.2 Å². The maximum absolute atomic E-state index is 13.5. The topological polar surface area (TPSA) is 108 Å². The molecule has 2 N–H and O–H groups in total. The fourth-order valence-electron chi connectivity index (χ4n) is 5.37. The van der Waals surface area contributed by atoms with Crippen molar-refractivity contribution in [1.82, 2.24) is 19.9 Å². The van der Waals surface area contributed by atoms with Crippen LogP contribution in [0.25, 0.3) is 11.1 Å². The van der Waals surface area contributed by atoms with E-state index < -0.39 is 10.0 Å². The van der Waals surface area contributed by atoms with Crippen molar-refractivity contribution in [2.24, 2.45) is 5.92 Å². The van der Waals surface area contributed by atoms with Crippen molar-refractivity contribution in [3.63, 3.8) is 0 Å². The summed E-state index contributed by atoms with van der Waals surface area (Å²) in [7, 11) is -3.69. The van der Waals surface area contributed by atoms with Crippen LogP contribution < -0.4 is 10.0 Å². The van der Waals surface area contributed by atoms with Gasteiger partial charge in [-0.2, -0.15) is 0 Å². The minimum atomic E-state index is -3.69. The Balaban J connectivity index is 1.20. The van der Waals surface area contributed by atoms with E-state index in [0.717, 1.165) is 22.3 Å². The van der Waals surface area contributed by atoms with Gasteiger partial charge < -0.3 is 10.2 Å². The number of hydrogen-bond donors (Lipinski definition) is 2. The lowest BCUT2D eigenvalue weighted by Gasteiger charge is -2.39. The van der Waals surface area contributed by atoms with Crippen LogP contribution in [0.3, 0.4) is 0 Å². The highest BCUT2D eigenvalue weighted by Gasteiger charge is 2.37. The zero-order valence-electron chi connectivity index (χ0n) is 21.3. The molecule has 2 aromatic carbocycles. The Labute approximate surface area is 223 Å². The van der Waals surface area contributed by atoms with E-state index in [4.69, 9.17) is 0 Å². The molecule has 2 amide bonds. The van der Waals surface area contributed by atoms with Crippen molar-refractivity contribution >= 4 is 21.8 Å². The molecule has 1 atom stereocenters. The molecule has 9 heteroatoms. The fraction of sp³-hybridized carbons (Fsp3) is 0.345. The van der Waals surface area contributed by atoms with Gasteiger partial charge in [-0.25, -0.2) is 13.1 Å². The molecule has 198 valence electrons. The van der Waals surface area contributed by atoms with Crippen LogP contribution in [-0.2, 0) is 19.6 Å². The average molecular weight is 533 g/mol. The number of aromatic nitrogens is 1. The third-order valence-corrected chi connectivity index (χ3v) is 8.96. The number of carbonyl (C=O) groups is 2. The van der Waals surface area contributed by atoms with E-state index in [-0.39, 0.29) is 41.3 Å². The Morgan fingerprint density at radius 1 is 0.974 bits per heavy atom. The van der Waals surface area contributed by atoms with E-state index in [2.05, 4.69) is 15.0 Å². The average Bonchev–Trinajstić information content (AvgIpc) is 2.93. The SMILES string of the molecule is Cc1cncc(-c2ccc(S(=O)(=O)N[C@H]3CC[C@H](C(=O)N4CC(=O)NC[C@@H]4c4ccccc4)CC3)cc2)c1. The smallest absolute Gasteiger partial charge is 0.240 e. The lowest BCUT2D eigenvalue weighted by atomic mass is 9.85. The van der Waals surface area contributed by atoms with Crippen molar-refractivity contribution in [1.29, 1.82) is 0 Å². The summed E-state index contributed by atoms with van der Waals surface area (Å²) in [5.41, 5.74) is 3.87. The predicted molar refractivity (Wildman–Crippen MR) is 144 cm³/mol. The molecule has 2 fully saturated rings. The molecule has 3 aromatic rings. The number of piperazine rings is 1. The van der Waals surface area contributed by atoms with Crippen molar-refractivity contribution < 1.29 is 18.0 Å². The summed E-state index contributed by atoms with van der Waals surface area (Å²) < 4.78 is 28.9. The van der Waals surface area contributed by atoms with Crippen LogP contribution >= 0.6 is 0 Å². The number of nitrogens with zero attached hydrogens (tertiary/aromatic N) is 2. The molecule has 5 rings (SSSR count). The van der Waals surface area contributed by atoms with Gasteiger partial charge in [-0.15, -0.1) is 0 Å². The number of rotatable bonds is 6. The summed E-state index contributed by atoms with van der Waals surface area (Å²) in [5, 5.41) is 2.87. The standard InChI is InChI=1S/C29H32N4O4S/c1-20-15-24(17-30-16-20)21-9-13-26(14-10-21)38(36,37)32-25-11-7-23(8-12-25)29(35)33-19-28(34)31-18-27(33)22-5-3-2-4-6-22/h2-6,9-10,13-17,23,25,27,32H,7-8,11-12,18-19H2,1H3,(H,31,34)/t23-,25-,27-/m1/s1. The van der Waals surface area contributed by atoms with Crippen LogP contribution in [0.15, 0.2) is 78.0 Å². The van der Waals surface area contributed by atoms with Crippen LogP contribution in [0.5, 0.6) is 0 Å². The number of sulfonamides is 1. The van der Waals surface area contributed by atoms with Crippen LogP contribution in [-0.4, -0.2) is 49.2 Å². The molecule has 0 bridgehead atoms. The Morgan fingerprint density at radius 2 is 1.68 bits per heavy atom. The lowest BCUT2D eigenvalue weighted by molar-refractivity contribution is -0.145. The maximum Gasteiger partial charge on any atom is 0.240 e. The number of pyridine rings is 1. The molecule has 1 aliphatic carbocycles. The second-order valence-electron chi connectivity index (χ2n) is 10.1. The maximum atomic E-state index is 13.5. The molecule has 2 aliphatic rings. The number of hydrogen-bond acceptors (Lipinski definition) is 5. The van der Waals surface area contributed by atoms with E-state index in [1.54, 1.807) is 41.6 Å². The summed E-state index contributed by atoms with van der Waals surface area (Å²) in [4.78, 5) is 31.7. The monoisotopic (exact) mass is 532 g/mol. The van der Waals surface area contributed by atoms with Gasteiger partial charge in [0.05, 0.1) is 10.9 Å². The summed E-state index contributed by atoms with van der Waals surface area (Å²) in [5.74, 6) is -0.414. The van der Waals surface area contributed by atoms with Gasteiger partial charge in [0, 0.05) is 36.5 Å². The van der Waals surface area contributed by atoms with E-state index in [0.29, 0.717) is 32.2 Å². The molecular formula is C29H32N4O4S. The van der Waals surface area contributed by atoms with Gasteiger partial charge >= 0.3 is 0 Å². The summed E-state index contributed by atoms with van der Waals surface area (Å²) in [6.45, 7) is 2.40. The number of nitrogens with one attached hydrogen (secondary N) is 2. The Hall–Kier alpha value is -3.56. The third kappa shape index (κ3) is 5.79. The van der Waals surface area contributed by atoms with Gasteiger partial charge in [-0.3, -0.25) is 14.6 Å². The van der Waals surface area contributed by atoms with E-state index in [1.165, 1.54) is 0 Å². The summed E-state index contributed by atoms with van der Waals surface area (Å²) in [6, 6.07) is 18.1. The first kappa shape index (κ1) is 26.1. The zero-order valence-corrected chi connectivity index (χ0v) is 22.2. The highest BCUT2D eigenvalue weighted by Crippen LogP contribution is 2.31. The van der Waals surface area contributed by atoms with Gasteiger partial charge in [0.25, 0.3) is 0 Å². The Bertz CT molecular complexity index is 1400. The number of carbonyl (C=O) groups excluding carboxylic acids is 2. The molecule has 1 aliphatic heterocycles. The molecule has 8 nitrogen and oxygen atoms in total. The predicted octanol–water partition coefficient (Wildman–Crippen LogP) is 3.59. The number of amides is 2.